The van der Waals surface area contributed by atoms with Crippen LogP contribution in [0.2, 0.25) is 0 Å². The maximum Gasteiger partial charge on any atom is 0.322 e. The molecule has 0 saturated heterocycles. The van der Waals surface area contributed by atoms with E-state index in [1.807, 2.05) is 18.2 Å². The van der Waals surface area contributed by atoms with Crippen molar-refractivity contribution in [3.63, 3.8) is 0 Å². The monoisotopic (exact) mass is 479 g/mol. The van der Waals surface area contributed by atoms with E-state index in [-0.39, 0.29) is 23.8 Å². The summed E-state index contributed by atoms with van der Waals surface area (Å²) in [6.07, 6.45) is 5.54. The van der Waals surface area contributed by atoms with Crippen molar-refractivity contribution in [2.45, 2.75) is 62.3 Å². The molecular formula is C23H33N3O6S. The van der Waals surface area contributed by atoms with Crippen LogP contribution in [0.3, 0.4) is 0 Å². The summed E-state index contributed by atoms with van der Waals surface area (Å²) in [5.74, 6) is -2.76. The summed E-state index contributed by atoms with van der Waals surface area (Å²) in [6, 6.07) is 7.94. The van der Waals surface area contributed by atoms with Crippen molar-refractivity contribution >= 4 is 35.5 Å². The number of aliphatic carboxylic acids is 2. The molecule has 1 aromatic carbocycles. The molecule has 2 amide bonds. The smallest absolute Gasteiger partial charge is 0.322 e. The van der Waals surface area contributed by atoms with Gasteiger partial charge in [-0.1, -0.05) is 49.6 Å². The first kappa shape index (κ1) is 26.7. The van der Waals surface area contributed by atoms with Crippen LogP contribution >= 0.6 is 11.8 Å². The van der Waals surface area contributed by atoms with Crippen molar-refractivity contribution in [3.8, 4) is 0 Å². The van der Waals surface area contributed by atoms with Gasteiger partial charge in [-0.15, -0.1) is 0 Å². The Kier molecular flexibility index (Phi) is 11.2. The zero-order valence-corrected chi connectivity index (χ0v) is 19.4. The molecule has 2 rings (SSSR count). The quantitative estimate of drug-likeness (QED) is 0.287. The molecule has 3 atom stereocenters. The fraction of sp³-hybridized carbons (Fsp3) is 0.565. The molecule has 0 heterocycles. The number of nitrogens with one attached hydrogen (secondary N) is 2. The Balaban J connectivity index is 2.08. The molecule has 0 radical (unpaired) electrons. The van der Waals surface area contributed by atoms with E-state index in [9.17, 15) is 19.2 Å². The highest BCUT2D eigenvalue weighted by atomic mass is 32.2. The second kappa shape index (κ2) is 13.8. The van der Waals surface area contributed by atoms with Crippen LogP contribution in [0.15, 0.2) is 30.3 Å². The maximum atomic E-state index is 12.6. The Morgan fingerprint density at radius 3 is 2.33 bits per heavy atom. The average Bonchev–Trinajstić information content (AvgIpc) is 2.81. The topological polar surface area (TPSA) is 159 Å². The Morgan fingerprint density at radius 1 is 1.06 bits per heavy atom. The highest BCUT2D eigenvalue weighted by Crippen LogP contribution is 2.43. The SMILES string of the molecule is NC(CCC(=O)NC(CSC(c1ccccc1)C1CCCCC1)C(=O)NCC(=O)O)C(=O)O. The molecule has 3 unspecified atom stereocenters. The molecule has 1 aliphatic rings. The predicted molar refractivity (Wildman–Crippen MR) is 126 cm³/mol. The number of carbonyl (C=O) groups is 4. The normalized spacial score (nSPS) is 16.9. The van der Waals surface area contributed by atoms with Gasteiger partial charge < -0.3 is 26.6 Å². The van der Waals surface area contributed by atoms with Crippen molar-refractivity contribution in [1.82, 2.24) is 10.6 Å². The van der Waals surface area contributed by atoms with Gasteiger partial charge in [-0.25, -0.2) is 0 Å². The minimum Gasteiger partial charge on any atom is -0.480 e. The van der Waals surface area contributed by atoms with E-state index in [2.05, 4.69) is 22.8 Å². The first-order chi connectivity index (χ1) is 15.8. The van der Waals surface area contributed by atoms with Crippen molar-refractivity contribution in [3.05, 3.63) is 35.9 Å². The summed E-state index contributed by atoms with van der Waals surface area (Å²) in [5.41, 5.74) is 6.62. The van der Waals surface area contributed by atoms with Crippen LogP contribution in [0.4, 0.5) is 0 Å². The van der Waals surface area contributed by atoms with E-state index < -0.39 is 42.4 Å². The molecule has 0 aliphatic heterocycles. The lowest BCUT2D eigenvalue weighted by Crippen LogP contribution is -2.49. The summed E-state index contributed by atoms with van der Waals surface area (Å²) in [4.78, 5) is 46.8. The minimum absolute atomic E-state index is 0.0630. The summed E-state index contributed by atoms with van der Waals surface area (Å²) in [5, 5.41) is 22.9. The van der Waals surface area contributed by atoms with Crippen LogP contribution in [-0.4, -0.2) is 58.3 Å². The van der Waals surface area contributed by atoms with Gasteiger partial charge >= 0.3 is 11.9 Å². The fourth-order valence-electron chi connectivity index (χ4n) is 3.93. The van der Waals surface area contributed by atoms with E-state index >= 15 is 0 Å². The first-order valence-electron chi connectivity index (χ1n) is 11.2. The zero-order chi connectivity index (χ0) is 24.2. The highest BCUT2D eigenvalue weighted by molar-refractivity contribution is 7.99. The molecular weight excluding hydrogens is 446 g/mol. The van der Waals surface area contributed by atoms with Crippen LogP contribution in [0.5, 0.6) is 0 Å². The van der Waals surface area contributed by atoms with Gasteiger partial charge in [-0.3, -0.25) is 19.2 Å². The van der Waals surface area contributed by atoms with Gasteiger partial charge in [0, 0.05) is 17.4 Å². The summed E-state index contributed by atoms with van der Waals surface area (Å²) >= 11 is 1.58. The number of carboxylic acid groups (broad SMARTS) is 2. The first-order valence-corrected chi connectivity index (χ1v) is 12.3. The van der Waals surface area contributed by atoms with Gasteiger partial charge in [0.15, 0.2) is 0 Å². The lowest BCUT2D eigenvalue weighted by molar-refractivity contribution is -0.139. The van der Waals surface area contributed by atoms with Gasteiger partial charge in [-0.05, 0) is 30.7 Å². The number of rotatable bonds is 13. The zero-order valence-electron chi connectivity index (χ0n) is 18.6. The second-order valence-electron chi connectivity index (χ2n) is 8.28. The Morgan fingerprint density at radius 2 is 1.73 bits per heavy atom. The second-order valence-corrected chi connectivity index (χ2v) is 9.45. The number of carboxylic acids is 2. The number of hydrogen-bond donors (Lipinski definition) is 5. The van der Waals surface area contributed by atoms with Crippen LogP contribution in [0, 0.1) is 5.92 Å². The van der Waals surface area contributed by atoms with E-state index in [1.54, 1.807) is 11.8 Å². The molecule has 1 aromatic rings. The molecule has 0 bridgehead atoms. The third-order valence-electron chi connectivity index (χ3n) is 5.71. The lowest BCUT2D eigenvalue weighted by Gasteiger charge is -2.31. The Hall–Kier alpha value is -2.59. The van der Waals surface area contributed by atoms with Crippen LogP contribution in [-0.2, 0) is 19.2 Å². The number of benzene rings is 1. The summed E-state index contributed by atoms with van der Waals surface area (Å²) in [7, 11) is 0. The molecule has 1 fully saturated rings. The van der Waals surface area contributed by atoms with E-state index in [4.69, 9.17) is 15.9 Å². The van der Waals surface area contributed by atoms with Crippen LogP contribution < -0.4 is 16.4 Å². The molecule has 1 saturated carbocycles. The highest BCUT2D eigenvalue weighted by Gasteiger charge is 2.29. The molecule has 0 aromatic heterocycles. The van der Waals surface area contributed by atoms with Crippen molar-refractivity contribution in [1.29, 1.82) is 0 Å². The van der Waals surface area contributed by atoms with Gasteiger partial charge in [0.05, 0.1) is 0 Å². The average molecular weight is 480 g/mol. The summed E-state index contributed by atoms with van der Waals surface area (Å²) < 4.78 is 0. The fourth-order valence-corrected chi connectivity index (χ4v) is 5.46. The summed E-state index contributed by atoms with van der Waals surface area (Å²) in [6.45, 7) is -0.551. The Labute approximate surface area is 197 Å². The number of thioether (sulfide) groups is 1. The van der Waals surface area contributed by atoms with Crippen LogP contribution in [0.1, 0.15) is 55.8 Å². The van der Waals surface area contributed by atoms with E-state index in [0.29, 0.717) is 5.92 Å². The molecule has 10 heteroatoms. The molecule has 182 valence electrons. The molecule has 33 heavy (non-hydrogen) atoms. The number of hydrogen-bond acceptors (Lipinski definition) is 6. The third kappa shape index (κ3) is 9.43. The predicted octanol–water partition coefficient (Wildman–Crippen LogP) is 1.92. The van der Waals surface area contributed by atoms with Gasteiger partial charge in [0.25, 0.3) is 0 Å². The van der Waals surface area contributed by atoms with E-state index in [1.165, 1.54) is 6.42 Å². The number of nitrogens with two attached hydrogens (primary N) is 1. The molecule has 0 spiro atoms. The molecule has 6 N–H and O–H groups in total. The van der Waals surface area contributed by atoms with Crippen LogP contribution in [0.25, 0.3) is 0 Å². The minimum atomic E-state index is -1.20. The van der Waals surface area contributed by atoms with Crippen molar-refractivity contribution in [2.24, 2.45) is 11.7 Å². The Bertz CT molecular complexity index is 801. The van der Waals surface area contributed by atoms with Crippen molar-refractivity contribution in [2.75, 3.05) is 12.3 Å². The molecule has 1 aliphatic carbocycles. The lowest BCUT2D eigenvalue weighted by atomic mass is 9.84. The van der Waals surface area contributed by atoms with Gasteiger partial charge in [0.2, 0.25) is 11.8 Å². The van der Waals surface area contributed by atoms with Gasteiger partial charge in [0.1, 0.15) is 18.6 Å². The largest absolute Gasteiger partial charge is 0.480 e. The van der Waals surface area contributed by atoms with E-state index in [0.717, 1.165) is 31.2 Å². The standard InChI is InChI=1S/C23H33N3O6S/c24-17(23(31)32)11-12-19(27)26-18(22(30)25-13-20(28)29)14-33-21(15-7-3-1-4-8-15)16-9-5-2-6-10-16/h1,3-4,7-8,16-18,21H,2,5-6,9-14,24H2,(H,25,30)(H,26,27)(H,28,29)(H,31,32). The maximum absolute atomic E-state index is 12.6. The number of amides is 2. The van der Waals surface area contributed by atoms with Crippen molar-refractivity contribution < 1.29 is 29.4 Å². The number of carbonyl (C=O) groups excluding carboxylic acids is 2. The van der Waals surface area contributed by atoms with Gasteiger partial charge in [-0.2, -0.15) is 11.8 Å². The third-order valence-corrected chi connectivity index (χ3v) is 7.26. The molecule has 9 nitrogen and oxygen atoms in total.